The molecule has 2 rings (SSSR count). The highest BCUT2D eigenvalue weighted by Gasteiger charge is 2.07. The van der Waals surface area contributed by atoms with Crippen LogP contribution >= 0.6 is 11.3 Å². The summed E-state index contributed by atoms with van der Waals surface area (Å²) in [6, 6.07) is 5.11. The van der Waals surface area contributed by atoms with Crippen molar-refractivity contribution in [2.75, 3.05) is 6.61 Å². The quantitative estimate of drug-likeness (QED) is 0.752. The third-order valence-electron chi connectivity index (χ3n) is 2.26. The summed E-state index contributed by atoms with van der Waals surface area (Å²) in [4.78, 5) is 14.9. The standard InChI is InChI=1S/C13H13NO3S/c1-2-16-13-5-10(6-15)3-4-12(13)17-7-11-8-18-9-14-11/h3-6,8-9H,2,7H2,1H3. The molecule has 0 spiro atoms. The van der Waals surface area contributed by atoms with Crippen molar-refractivity contribution in [2.24, 2.45) is 0 Å². The van der Waals surface area contributed by atoms with Gasteiger partial charge in [0.2, 0.25) is 0 Å². The van der Waals surface area contributed by atoms with E-state index in [4.69, 9.17) is 9.47 Å². The molecule has 0 aliphatic carbocycles. The normalized spacial score (nSPS) is 10.1. The van der Waals surface area contributed by atoms with Crippen molar-refractivity contribution in [2.45, 2.75) is 13.5 Å². The van der Waals surface area contributed by atoms with E-state index < -0.39 is 0 Å². The molecule has 1 aromatic heterocycles. The SMILES string of the molecule is CCOc1cc(C=O)ccc1OCc1cscn1. The highest BCUT2D eigenvalue weighted by molar-refractivity contribution is 7.07. The Labute approximate surface area is 109 Å². The van der Waals surface area contributed by atoms with Gasteiger partial charge < -0.3 is 9.47 Å². The first-order valence-electron chi connectivity index (χ1n) is 5.55. The van der Waals surface area contributed by atoms with Crippen molar-refractivity contribution in [3.63, 3.8) is 0 Å². The van der Waals surface area contributed by atoms with Crippen molar-refractivity contribution in [1.82, 2.24) is 4.98 Å². The van der Waals surface area contributed by atoms with Crippen LogP contribution in [0.2, 0.25) is 0 Å². The third kappa shape index (κ3) is 3.07. The summed E-state index contributed by atoms with van der Waals surface area (Å²) < 4.78 is 11.1. The Balaban J connectivity index is 2.12. The molecule has 5 heteroatoms. The summed E-state index contributed by atoms with van der Waals surface area (Å²) >= 11 is 1.53. The number of hydrogen-bond donors (Lipinski definition) is 0. The summed E-state index contributed by atoms with van der Waals surface area (Å²) in [7, 11) is 0. The van der Waals surface area contributed by atoms with Crippen molar-refractivity contribution in [3.8, 4) is 11.5 Å². The van der Waals surface area contributed by atoms with Gasteiger partial charge in [-0.1, -0.05) is 0 Å². The molecule has 0 radical (unpaired) electrons. The van der Waals surface area contributed by atoms with Gasteiger partial charge in [-0.25, -0.2) is 4.98 Å². The first-order chi connectivity index (χ1) is 8.83. The largest absolute Gasteiger partial charge is 0.490 e. The third-order valence-corrected chi connectivity index (χ3v) is 2.90. The number of hydrogen-bond acceptors (Lipinski definition) is 5. The maximum absolute atomic E-state index is 10.7. The molecular formula is C13H13NO3S. The molecule has 0 aliphatic rings. The van der Waals surface area contributed by atoms with Crippen LogP contribution in [0.15, 0.2) is 29.1 Å². The molecule has 2 aromatic rings. The Bertz CT molecular complexity index is 511. The average Bonchev–Trinajstić information content (AvgIpc) is 2.90. The van der Waals surface area contributed by atoms with Crippen molar-refractivity contribution in [3.05, 3.63) is 40.3 Å². The van der Waals surface area contributed by atoms with Crippen LogP contribution in [0.3, 0.4) is 0 Å². The number of thiazole rings is 1. The Morgan fingerprint density at radius 1 is 1.33 bits per heavy atom. The van der Waals surface area contributed by atoms with Crippen molar-refractivity contribution >= 4 is 17.6 Å². The molecule has 0 unspecified atom stereocenters. The summed E-state index contributed by atoms with van der Waals surface area (Å²) in [5, 5.41) is 1.93. The van der Waals surface area contributed by atoms with E-state index in [1.165, 1.54) is 11.3 Å². The van der Waals surface area contributed by atoms with E-state index >= 15 is 0 Å². The van der Waals surface area contributed by atoms with E-state index in [2.05, 4.69) is 4.98 Å². The topological polar surface area (TPSA) is 48.4 Å². The highest BCUT2D eigenvalue weighted by atomic mass is 32.1. The number of nitrogens with zero attached hydrogens (tertiary/aromatic N) is 1. The number of aldehydes is 1. The van der Waals surface area contributed by atoms with Crippen LogP contribution in [0.1, 0.15) is 23.0 Å². The van der Waals surface area contributed by atoms with Gasteiger partial charge in [0.15, 0.2) is 11.5 Å². The maximum Gasteiger partial charge on any atom is 0.161 e. The minimum atomic E-state index is 0.393. The summed E-state index contributed by atoms with van der Waals surface area (Å²) in [5.74, 6) is 1.20. The van der Waals surface area contributed by atoms with Gasteiger partial charge in [0.05, 0.1) is 17.8 Å². The van der Waals surface area contributed by atoms with Gasteiger partial charge in [0, 0.05) is 10.9 Å². The van der Waals surface area contributed by atoms with Gasteiger partial charge in [0.25, 0.3) is 0 Å². The lowest BCUT2D eigenvalue weighted by Gasteiger charge is -2.11. The van der Waals surface area contributed by atoms with E-state index in [-0.39, 0.29) is 0 Å². The van der Waals surface area contributed by atoms with Crippen LogP contribution < -0.4 is 9.47 Å². The van der Waals surface area contributed by atoms with Gasteiger partial charge in [-0.15, -0.1) is 11.3 Å². The molecular weight excluding hydrogens is 250 g/mol. The van der Waals surface area contributed by atoms with Crippen LogP contribution in [-0.2, 0) is 6.61 Å². The molecule has 0 fully saturated rings. The van der Waals surface area contributed by atoms with Crippen LogP contribution in [0, 0.1) is 0 Å². The Hall–Kier alpha value is -1.88. The van der Waals surface area contributed by atoms with Gasteiger partial charge in [0.1, 0.15) is 12.9 Å². The number of carbonyl (C=O) groups is 1. The molecule has 1 heterocycles. The minimum absolute atomic E-state index is 0.393. The molecule has 94 valence electrons. The van der Waals surface area contributed by atoms with E-state index in [1.54, 1.807) is 23.7 Å². The molecule has 0 bridgehead atoms. The zero-order valence-electron chi connectivity index (χ0n) is 9.96. The van der Waals surface area contributed by atoms with Crippen LogP contribution in [0.4, 0.5) is 0 Å². The zero-order valence-corrected chi connectivity index (χ0v) is 10.8. The first kappa shape index (κ1) is 12.6. The van der Waals surface area contributed by atoms with Crippen LogP contribution in [0.25, 0.3) is 0 Å². The smallest absolute Gasteiger partial charge is 0.161 e. The van der Waals surface area contributed by atoms with Gasteiger partial charge >= 0.3 is 0 Å². The lowest BCUT2D eigenvalue weighted by atomic mass is 10.2. The first-order valence-corrected chi connectivity index (χ1v) is 6.49. The number of benzene rings is 1. The molecule has 0 saturated carbocycles. The van der Waals surface area contributed by atoms with Crippen molar-refractivity contribution < 1.29 is 14.3 Å². The van der Waals surface area contributed by atoms with Gasteiger partial charge in [-0.2, -0.15) is 0 Å². The Morgan fingerprint density at radius 3 is 2.89 bits per heavy atom. The number of carbonyl (C=O) groups excluding carboxylic acids is 1. The Morgan fingerprint density at radius 2 is 2.22 bits per heavy atom. The molecule has 0 N–H and O–H groups in total. The second-order valence-corrected chi connectivity index (χ2v) is 4.24. The van der Waals surface area contributed by atoms with Crippen molar-refractivity contribution in [1.29, 1.82) is 0 Å². The summed E-state index contributed by atoms with van der Waals surface area (Å²) in [5.41, 5.74) is 3.21. The van der Waals surface area contributed by atoms with Gasteiger partial charge in [-0.05, 0) is 25.1 Å². The highest BCUT2D eigenvalue weighted by Crippen LogP contribution is 2.28. The lowest BCUT2D eigenvalue weighted by molar-refractivity contribution is 0.112. The molecule has 18 heavy (non-hydrogen) atoms. The maximum atomic E-state index is 10.7. The fourth-order valence-electron chi connectivity index (χ4n) is 1.45. The van der Waals surface area contributed by atoms with Gasteiger partial charge in [-0.3, -0.25) is 4.79 Å². The fraction of sp³-hybridized carbons (Fsp3) is 0.231. The Kier molecular flexibility index (Phi) is 4.30. The molecule has 1 aromatic carbocycles. The van der Waals surface area contributed by atoms with Crippen LogP contribution in [-0.4, -0.2) is 17.9 Å². The second-order valence-electron chi connectivity index (χ2n) is 3.53. The fourth-order valence-corrected chi connectivity index (χ4v) is 1.99. The monoisotopic (exact) mass is 263 g/mol. The molecule has 4 nitrogen and oxygen atoms in total. The predicted octanol–water partition coefficient (Wildman–Crippen LogP) is 2.93. The van der Waals surface area contributed by atoms with E-state index in [0.717, 1.165) is 12.0 Å². The molecule has 0 saturated heterocycles. The van der Waals surface area contributed by atoms with Crippen LogP contribution in [0.5, 0.6) is 11.5 Å². The van der Waals surface area contributed by atoms with E-state index in [0.29, 0.717) is 30.3 Å². The summed E-state index contributed by atoms with van der Waals surface area (Å²) in [6.07, 6.45) is 0.784. The van der Waals surface area contributed by atoms with E-state index in [9.17, 15) is 4.79 Å². The second kappa shape index (κ2) is 6.16. The molecule has 0 atom stereocenters. The zero-order chi connectivity index (χ0) is 12.8. The van der Waals surface area contributed by atoms with E-state index in [1.807, 2.05) is 12.3 Å². The predicted molar refractivity (Wildman–Crippen MR) is 69.4 cm³/mol. The molecule has 0 amide bonds. The minimum Gasteiger partial charge on any atom is -0.490 e. The number of aromatic nitrogens is 1. The number of rotatable bonds is 6. The molecule has 0 aliphatic heterocycles. The lowest BCUT2D eigenvalue weighted by Crippen LogP contribution is -2.00. The number of ether oxygens (including phenoxy) is 2. The summed E-state index contributed by atoms with van der Waals surface area (Å²) in [6.45, 7) is 2.80. The average molecular weight is 263 g/mol.